The molecule has 0 radical (unpaired) electrons. The van der Waals surface area contributed by atoms with Gasteiger partial charge in [-0.2, -0.15) is 0 Å². The number of piperidine rings is 1. The topological polar surface area (TPSA) is 68.4 Å². The molecule has 4 N–H and O–H groups in total. The Bertz CT molecular complexity index is 671. The van der Waals surface area contributed by atoms with Crippen molar-refractivity contribution >= 4 is 5.91 Å². The van der Waals surface area contributed by atoms with Gasteiger partial charge in [-0.15, -0.1) is 0 Å². The number of carbonyl (C=O) groups excluding carboxylic acids is 1. The minimum Gasteiger partial charge on any atom is -0.341 e. The molecule has 3 heterocycles. The molecule has 0 aliphatic carbocycles. The molecular weight excluding hydrogens is 333 g/mol. The van der Waals surface area contributed by atoms with Crippen LogP contribution in [0.2, 0.25) is 0 Å². The van der Waals surface area contributed by atoms with Crippen LogP contribution in [0.25, 0.3) is 0 Å². The normalized spacial score (nSPS) is 37.0. The molecule has 3 aliphatic heterocycles. The molecule has 1 aromatic rings. The second-order valence-corrected chi connectivity index (χ2v) is 7.80. The van der Waals surface area contributed by atoms with Gasteiger partial charge >= 0.3 is 0 Å². The Hall–Kier alpha value is -1.54. The summed E-state index contributed by atoms with van der Waals surface area (Å²) in [5.41, 5.74) is 14.0. The van der Waals surface area contributed by atoms with Crippen molar-refractivity contribution in [3.8, 4) is 0 Å². The number of amides is 1. The Morgan fingerprint density at radius 1 is 1.27 bits per heavy atom. The number of carbonyl (C=O) groups is 1. The predicted octanol–water partition coefficient (Wildman–Crippen LogP) is 1.08. The molecule has 6 nitrogen and oxygen atoms in total. The maximum atomic E-state index is 13.6. The molecular formula is C19H28FN5O. The molecule has 4 rings (SSSR count). The van der Waals surface area contributed by atoms with Gasteiger partial charge in [0.05, 0.1) is 6.04 Å². The van der Waals surface area contributed by atoms with Crippen LogP contribution in [0.15, 0.2) is 24.3 Å². The number of nitrogens with one attached hydrogen (secondary N) is 4. The smallest absolute Gasteiger partial charge is 0.241 e. The van der Waals surface area contributed by atoms with Gasteiger partial charge in [-0.05, 0) is 36.5 Å². The molecule has 3 saturated heterocycles. The first-order chi connectivity index (χ1) is 12.6. The monoisotopic (exact) mass is 361 g/mol. The predicted molar refractivity (Wildman–Crippen MR) is 97.2 cm³/mol. The van der Waals surface area contributed by atoms with E-state index in [2.05, 4.69) is 35.6 Å². The minimum atomic E-state index is -0.225. The lowest BCUT2D eigenvalue weighted by Gasteiger charge is -2.37. The van der Waals surface area contributed by atoms with E-state index in [4.69, 9.17) is 0 Å². The van der Waals surface area contributed by atoms with Crippen molar-refractivity contribution in [1.29, 1.82) is 0 Å². The van der Waals surface area contributed by atoms with E-state index >= 15 is 0 Å². The van der Waals surface area contributed by atoms with Crippen LogP contribution in [0.5, 0.6) is 0 Å². The quantitative estimate of drug-likeness (QED) is 0.649. The molecule has 0 spiro atoms. The van der Waals surface area contributed by atoms with Crippen LogP contribution < -0.4 is 21.7 Å². The zero-order valence-corrected chi connectivity index (χ0v) is 15.3. The van der Waals surface area contributed by atoms with E-state index in [1.54, 1.807) is 12.1 Å². The highest BCUT2D eigenvalue weighted by molar-refractivity contribution is 5.82. The molecule has 26 heavy (non-hydrogen) atoms. The average molecular weight is 361 g/mol. The van der Waals surface area contributed by atoms with E-state index in [9.17, 15) is 9.18 Å². The maximum absolute atomic E-state index is 13.6. The molecule has 142 valence electrons. The maximum Gasteiger partial charge on any atom is 0.241 e. The van der Waals surface area contributed by atoms with Crippen LogP contribution >= 0.6 is 0 Å². The van der Waals surface area contributed by atoms with Crippen molar-refractivity contribution in [2.24, 2.45) is 11.8 Å². The molecule has 6 atom stereocenters. The van der Waals surface area contributed by atoms with Gasteiger partial charge in [0.15, 0.2) is 0 Å². The molecule has 0 aromatic heterocycles. The van der Waals surface area contributed by atoms with E-state index in [1.165, 1.54) is 6.07 Å². The summed E-state index contributed by atoms with van der Waals surface area (Å²) in [4.78, 5) is 15.1. The Balaban J connectivity index is 1.47. The van der Waals surface area contributed by atoms with Crippen molar-refractivity contribution in [3.05, 3.63) is 35.6 Å². The number of hydrogen-bond donors (Lipinski definition) is 4. The first kappa shape index (κ1) is 17.9. The average Bonchev–Trinajstić information content (AvgIpc) is 3.23. The zero-order valence-electron chi connectivity index (χ0n) is 15.3. The van der Waals surface area contributed by atoms with Gasteiger partial charge in [0.2, 0.25) is 5.91 Å². The lowest BCUT2D eigenvalue weighted by molar-refractivity contribution is -0.136. The number of benzene rings is 1. The number of fused-ring (bicyclic) bond motifs is 1. The number of halogens is 1. The third-order valence-corrected chi connectivity index (χ3v) is 6.32. The fourth-order valence-corrected chi connectivity index (χ4v) is 4.68. The Labute approximate surface area is 153 Å². The summed E-state index contributed by atoms with van der Waals surface area (Å²) < 4.78 is 13.6. The molecule has 3 fully saturated rings. The number of nitrogens with zero attached hydrogens (tertiary/aromatic N) is 1. The van der Waals surface area contributed by atoms with Crippen LogP contribution in [0.4, 0.5) is 4.39 Å². The van der Waals surface area contributed by atoms with Gasteiger partial charge in [0, 0.05) is 31.1 Å². The summed E-state index contributed by atoms with van der Waals surface area (Å²) in [5, 5.41) is 0. The van der Waals surface area contributed by atoms with E-state index in [0.717, 1.165) is 24.9 Å². The zero-order chi connectivity index (χ0) is 18.3. The number of hydrazine groups is 2. The Kier molecular flexibility index (Phi) is 4.96. The second-order valence-electron chi connectivity index (χ2n) is 7.80. The van der Waals surface area contributed by atoms with E-state index in [-0.39, 0.29) is 35.6 Å². The molecule has 7 heteroatoms. The molecule has 3 aliphatic rings. The summed E-state index contributed by atoms with van der Waals surface area (Å²) in [6.07, 6.45) is 1.90. The number of hydrogen-bond acceptors (Lipinski definition) is 5. The largest absolute Gasteiger partial charge is 0.341 e. The van der Waals surface area contributed by atoms with E-state index in [0.29, 0.717) is 18.6 Å². The van der Waals surface area contributed by atoms with Gasteiger partial charge in [-0.1, -0.05) is 26.0 Å². The fourth-order valence-electron chi connectivity index (χ4n) is 4.68. The van der Waals surface area contributed by atoms with Crippen LogP contribution in [-0.4, -0.2) is 42.0 Å². The van der Waals surface area contributed by atoms with Crippen molar-refractivity contribution < 1.29 is 9.18 Å². The molecule has 1 aromatic carbocycles. The van der Waals surface area contributed by atoms with Crippen molar-refractivity contribution in [3.63, 3.8) is 0 Å². The minimum absolute atomic E-state index is 0.0155. The van der Waals surface area contributed by atoms with Crippen molar-refractivity contribution in [2.45, 2.75) is 50.9 Å². The highest BCUT2D eigenvalue weighted by Crippen LogP contribution is 2.34. The van der Waals surface area contributed by atoms with Crippen LogP contribution in [0, 0.1) is 17.7 Å². The summed E-state index contributed by atoms with van der Waals surface area (Å²) in [6, 6.07) is 7.21. The summed E-state index contributed by atoms with van der Waals surface area (Å²) in [7, 11) is 0. The number of likely N-dealkylation sites (tertiary alicyclic amines) is 1. The van der Waals surface area contributed by atoms with Gasteiger partial charge < -0.3 is 4.90 Å². The van der Waals surface area contributed by atoms with Crippen LogP contribution in [0.1, 0.15) is 38.3 Å². The summed E-state index contributed by atoms with van der Waals surface area (Å²) in [6.45, 7) is 5.71. The fraction of sp³-hybridized carbons (Fsp3) is 0.632. The standard InChI is InChI=1S/C19H28FN5O/c1-3-15-11(2)17(23-21-15)19(26)25-8-7-16-14(10-25)18(24-22-16)12-5-4-6-13(20)9-12/h4-6,9,11,14-18,21-24H,3,7-8,10H2,1-2H3. The summed E-state index contributed by atoms with van der Waals surface area (Å²) in [5.74, 6) is 0.451. The Morgan fingerprint density at radius 3 is 2.85 bits per heavy atom. The Morgan fingerprint density at radius 2 is 2.12 bits per heavy atom. The SMILES string of the molecule is CCC1NNC(C(=O)N2CCC3NNC(c4cccc(F)c4)C3C2)C1C. The third-order valence-electron chi connectivity index (χ3n) is 6.32. The van der Waals surface area contributed by atoms with Crippen molar-refractivity contribution in [2.75, 3.05) is 13.1 Å². The first-order valence-electron chi connectivity index (χ1n) is 9.65. The lowest BCUT2D eigenvalue weighted by atomic mass is 9.84. The lowest BCUT2D eigenvalue weighted by Crippen LogP contribution is -2.54. The summed E-state index contributed by atoms with van der Waals surface area (Å²) >= 11 is 0. The number of rotatable bonds is 3. The van der Waals surface area contributed by atoms with Crippen molar-refractivity contribution in [1.82, 2.24) is 26.6 Å². The van der Waals surface area contributed by atoms with E-state index < -0.39 is 0 Å². The van der Waals surface area contributed by atoms with Gasteiger partial charge in [0.1, 0.15) is 11.9 Å². The van der Waals surface area contributed by atoms with Gasteiger partial charge in [0.25, 0.3) is 0 Å². The van der Waals surface area contributed by atoms with E-state index in [1.807, 2.05) is 11.0 Å². The third kappa shape index (κ3) is 3.13. The van der Waals surface area contributed by atoms with Gasteiger partial charge in [-0.25, -0.2) is 15.2 Å². The molecule has 6 unspecified atom stereocenters. The van der Waals surface area contributed by atoms with Crippen LogP contribution in [-0.2, 0) is 4.79 Å². The highest BCUT2D eigenvalue weighted by Gasteiger charge is 2.44. The van der Waals surface area contributed by atoms with Crippen LogP contribution in [0.3, 0.4) is 0 Å². The van der Waals surface area contributed by atoms with Gasteiger partial charge in [-0.3, -0.25) is 15.6 Å². The first-order valence-corrected chi connectivity index (χ1v) is 9.65. The molecule has 1 amide bonds. The second kappa shape index (κ2) is 7.23. The molecule has 0 saturated carbocycles. The highest BCUT2D eigenvalue weighted by atomic mass is 19.1. The molecule has 0 bridgehead atoms.